The monoisotopic (exact) mass is 977 g/mol. The Morgan fingerprint density at radius 3 is 1.62 bits per heavy atom. The van der Waals surface area contributed by atoms with Crippen LogP contribution in [-0.4, -0.2) is 120 Å². The predicted molar refractivity (Wildman–Crippen MR) is 208 cm³/mol. The number of anilines is 1. The van der Waals surface area contributed by atoms with Crippen LogP contribution in [0.25, 0.3) is 10.8 Å². The average molecular weight is 978 g/mol. The highest BCUT2D eigenvalue weighted by molar-refractivity contribution is 7.92. The van der Waals surface area contributed by atoms with E-state index in [0.717, 1.165) is 44.6 Å². The number of hydrogen-bond acceptors (Lipinski definition) is 22. The Morgan fingerprint density at radius 2 is 1.10 bits per heavy atom. The van der Waals surface area contributed by atoms with Crippen molar-refractivity contribution in [1.82, 2.24) is 0 Å². The maximum absolute atomic E-state index is 13.0. The molecule has 32 heteroatoms. The van der Waals surface area contributed by atoms with E-state index in [1.165, 1.54) is 19.2 Å². The Bertz CT molecular complexity index is 3140. The lowest BCUT2D eigenvalue weighted by Gasteiger charge is -2.14. The Morgan fingerprint density at radius 1 is 0.557 bits per heavy atom. The fourth-order valence-electron chi connectivity index (χ4n) is 5.09. The van der Waals surface area contributed by atoms with E-state index in [2.05, 4.69) is 34.1 Å². The van der Waals surface area contributed by atoms with E-state index in [0.29, 0.717) is 6.07 Å². The number of nitrogens with one attached hydrogen (secondary N) is 1. The average Bonchev–Trinajstić information content (AvgIpc) is 3.13. The number of methoxy groups -OCH3 is 2. The summed E-state index contributed by atoms with van der Waals surface area (Å²) < 4.78 is 201. The Balaban J connectivity index is 1.86. The minimum absolute atomic E-state index is 0.0363. The summed E-state index contributed by atoms with van der Waals surface area (Å²) in [7, 11) is -26.0. The van der Waals surface area contributed by atoms with Gasteiger partial charge in [0.25, 0.3) is 20.2 Å². The lowest BCUT2D eigenvalue weighted by Crippen LogP contribution is -2.16. The van der Waals surface area contributed by atoms with Crippen LogP contribution in [0.15, 0.2) is 88.6 Å². The summed E-state index contributed by atoms with van der Waals surface area (Å²) >= 11 is 0. The molecule has 0 saturated carbocycles. The minimum atomic E-state index is -5.33. The van der Waals surface area contributed by atoms with Crippen molar-refractivity contribution in [2.75, 3.05) is 51.3 Å². The normalized spacial score (nSPS) is 13.3. The molecule has 61 heavy (non-hydrogen) atoms. The van der Waals surface area contributed by atoms with Gasteiger partial charge in [0.05, 0.1) is 49.5 Å². The van der Waals surface area contributed by atoms with Crippen LogP contribution in [0.2, 0.25) is 0 Å². The molecule has 4 aromatic rings. The molecule has 334 valence electrons. The van der Waals surface area contributed by atoms with Gasteiger partial charge in [-0.05, 0) is 36.4 Å². The summed E-state index contributed by atoms with van der Waals surface area (Å²) in [6, 6.07) is 7.20. The molecule has 0 atom stereocenters. The number of rotatable bonds is 19. The Kier molecular flexibility index (Phi) is 14.5. The largest absolute Gasteiger partial charge is 0.505 e. The maximum Gasteiger partial charge on any atom is 0.397 e. The second-order valence-corrected chi connectivity index (χ2v) is 20.8. The molecular weight excluding hydrogens is 947 g/mol. The molecule has 6 N–H and O–H groups in total. The van der Waals surface area contributed by atoms with Gasteiger partial charge in [0.1, 0.15) is 48.9 Å². The minimum Gasteiger partial charge on any atom is -0.505 e. The molecular formula is C29H31N5O21S6. The summed E-state index contributed by atoms with van der Waals surface area (Å²) in [5, 5.41) is 28.9. The highest BCUT2D eigenvalue weighted by Gasteiger charge is 2.28. The van der Waals surface area contributed by atoms with Crippen molar-refractivity contribution in [3.05, 3.63) is 48.5 Å². The molecule has 0 amide bonds. The van der Waals surface area contributed by atoms with Gasteiger partial charge in [0, 0.05) is 30.0 Å². The summed E-state index contributed by atoms with van der Waals surface area (Å²) in [6.45, 7) is -2.05. The number of ether oxygens (including phenoxy) is 2. The number of phenols is 1. The van der Waals surface area contributed by atoms with Crippen molar-refractivity contribution in [3.8, 4) is 17.2 Å². The zero-order valence-corrected chi connectivity index (χ0v) is 35.9. The van der Waals surface area contributed by atoms with Gasteiger partial charge in [0.2, 0.25) is 0 Å². The van der Waals surface area contributed by atoms with E-state index in [1.807, 2.05) is 0 Å². The number of fused-ring (bicyclic) bond motifs is 1. The number of aromatic hydroxyl groups is 1. The molecule has 0 saturated heterocycles. The number of azo groups is 2. The third kappa shape index (κ3) is 12.1. The van der Waals surface area contributed by atoms with E-state index >= 15 is 0 Å². The Hall–Kier alpha value is -5.00. The number of hydrogen-bond donors (Lipinski definition) is 6. The highest BCUT2D eigenvalue weighted by Crippen LogP contribution is 2.47. The van der Waals surface area contributed by atoms with Crippen LogP contribution in [0, 0.1) is 0 Å². The topological polar surface area (TPSA) is 404 Å². The molecule has 26 nitrogen and oxygen atoms in total. The molecule has 0 aliphatic rings. The first kappa shape index (κ1) is 48.7. The lowest BCUT2D eigenvalue weighted by molar-refractivity contribution is 0.282. The van der Waals surface area contributed by atoms with E-state index in [4.69, 9.17) is 18.6 Å². The summed E-state index contributed by atoms with van der Waals surface area (Å²) in [6.07, 6.45) is 0. The summed E-state index contributed by atoms with van der Waals surface area (Å²) in [4.78, 5) is -3.54. The van der Waals surface area contributed by atoms with Gasteiger partial charge in [-0.2, -0.15) is 33.7 Å². The van der Waals surface area contributed by atoms with Crippen LogP contribution in [-0.2, 0) is 69.1 Å². The number of phenolic OH excluding ortho intramolecular Hbond substituents is 1. The molecule has 0 aliphatic carbocycles. The SMILES string of the molecule is CNc1ccc2c(O)c(/N=N/c3cc(OC)c(S(=O)(=O)CCOS(=O)(=O)O)cc3OC)c(S(=O)(=O)O)cc2c1/N=N/c1ccc(S(=O)(=O)CCOS(=O)(=O)O)cc1S(=O)(=O)O. The van der Waals surface area contributed by atoms with Crippen molar-refractivity contribution < 1.29 is 91.7 Å². The molecule has 0 spiro atoms. The van der Waals surface area contributed by atoms with E-state index in [1.54, 1.807) is 0 Å². The molecule has 0 heterocycles. The number of benzene rings is 4. The van der Waals surface area contributed by atoms with Crippen molar-refractivity contribution in [1.29, 1.82) is 0 Å². The molecule has 4 rings (SSSR count). The standard InChI is InChI=1S/C29H31N5O21S6/c1-30-20-7-5-17-18(27(20)33-31-19-6-4-16(12-24(19)58(40,41)42)56(36,37)10-8-54-60(46,47)48)13-26(59(43,44)45)28(29(17)35)34-32-21-14-23(53-3)25(15-22(21)52-2)57(38,39)11-9-55-61(49,50)51/h4-7,12-15,30,35H,8-11H2,1-3H3,(H,40,41,42)(H,43,44,45)(H,46,47,48)(H,49,50,51)/b33-31+,34-32+. The zero-order valence-electron chi connectivity index (χ0n) is 31.0. The van der Waals surface area contributed by atoms with Gasteiger partial charge in [0.15, 0.2) is 25.4 Å². The van der Waals surface area contributed by atoms with Crippen molar-refractivity contribution >= 4 is 99.9 Å². The number of nitrogens with zero attached hydrogens (tertiary/aromatic N) is 4. The zero-order chi connectivity index (χ0) is 45.9. The summed E-state index contributed by atoms with van der Waals surface area (Å²) in [5.74, 6) is -3.74. The van der Waals surface area contributed by atoms with Crippen LogP contribution < -0.4 is 14.8 Å². The van der Waals surface area contributed by atoms with Gasteiger partial charge < -0.3 is 19.9 Å². The first-order valence-corrected chi connectivity index (χ1v) is 24.8. The highest BCUT2D eigenvalue weighted by atomic mass is 32.3. The van der Waals surface area contributed by atoms with Crippen LogP contribution >= 0.6 is 0 Å². The molecule has 0 aliphatic heterocycles. The molecule has 4 aromatic carbocycles. The molecule has 0 aromatic heterocycles. The van der Waals surface area contributed by atoms with Gasteiger partial charge in [-0.1, -0.05) is 0 Å². The molecule has 0 fully saturated rings. The van der Waals surface area contributed by atoms with Crippen LogP contribution in [0.1, 0.15) is 0 Å². The molecule has 0 unspecified atom stereocenters. The molecule has 0 bridgehead atoms. The van der Waals surface area contributed by atoms with E-state index in [-0.39, 0.29) is 33.6 Å². The smallest absolute Gasteiger partial charge is 0.397 e. The quantitative estimate of drug-likeness (QED) is 0.0580. The second-order valence-electron chi connectivity index (χ2n) is 11.7. The van der Waals surface area contributed by atoms with Gasteiger partial charge >= 0.3 is 20.8 Å². The van der Waals surface area contributed by atoms with Crippen LogP contribution in [0.4, 0.5) is 28.4 Å². The van der Waals surface area contributed by atoms with Gasteiger partial charge in [-0.25, -0.2) is 25.2 Å². The second kappa shape index (κ2) is 18.2. The van der Waals surface area contributed by atoms with Crippen molar-refractivity contribution in [2.45, 2.75) is 19.6 Å². The van der Waals surface area contributed by atoms with Gasteiger partial charge in [-0.15, -0.1) is 20.5 Å². The lowest BCUT2D eigenvalue weighted by atomic mass is 10.1. The first-order valence-electron chi connectivity index (χ1n) is 15.9. The fourth-order valence-corrected chi connectivity index (χ4v) is 9.63. The number of sulfone groups is 2. The maximum atomic E-state index is 13.0. The van der Waals surface area contributed by atoms with Crippen molar-refractivity contribution in [2.24, 2.45) is 20.5 Å². The Labute approximate surface area is 347 Å². The molecule has 0 radical (unpaired) electrons. The third-order valence-electron chi connectivity index (χ3n) is 7.81. The van der Waals surface area contributed by atoms with E-state index < -0.39 is 128 Å². The fraction of sp³-hybridized carbons (Fsp3) is 0.241. The van der Waals surface area contributed by atoms with E-state index in [9.17, 15) is 64.7 Å². The summed E-state index contributed by atoms with van der Waals surface area (Å²) in [5.41, 5.74) is -2.21. The van der Waals surface area contributed by atoms with Crippen LogP contribution in [0.3, 0.4) is 0 Å². The predicted octanol–water partition coefficient (Wildman–Crippen LogP) is 3.11. The van der Waals surface area contributed by atoms with Crippen molar-refractivity contribution in [3.63, 3.8) is 0 Å². The third-order valence-corrected chi connectivity index (χ3v) is 13.9. The first-order chi connectivity index (χ1) is 28.0. The van der Waals surface area contributed by atoms with Gasteiger partial charge in [-0.3, -0.25) is 18.2 Å². The van der Waals surface area contributed by atoms with Crippen LogP contribution in [0.5, 0.6) is 17.2 Å².